The van der Waals surface area contributed by atoms with E-state index in [4.69, 9.17) is 0 Å². The largest absolute Gasteiger partial charge is 0.320 e. The molecule has 2 rings (SSSR count). The van der Waals surface area contributed by atoms with Crippen LogP contribution >= 0.6 is 0 Å². The Labute approximate surface area is 87.4 Å². The van der Waals surface area contributed by atoms with Gasteiger partial charge in [-0.2, -0.15) is 0 Å². The molecule has 82 valence electrons. The Hall–Kier alpha value is -0.120. The van der Waals surface area contributed by atoms with Crippen molar-refractivity contribution in [2.45, 2.75) is 25.3 Å². The van der Waals surface area contributed by atoms with Crippen LogP contribution in [-0.4, -0.2) is 62.2 Å². The molecule has 1 N–H and O–H groups in total. The highest BCUT2D eigenvalue weighted by molar-refractivity contribution is 4.86. The molecule has 0 amide bonds. The SMILES string of the molecule is CNCCCN1CCN2CCCC2C1. The molecule has 14 heavy (non-hydrogen) atoms. The standard InChI is InChI=1S/C11H23N3/c1-12-5-3-6-13-8-9-14-7-2-4-11(14)10-13/h11-12H,2-10H2,1H3. The molecule has 2 aliphatic heterocycles. The Balaban J connectivity index is 1.69. The second-order valence-electron chi connectivity index (χ2n) is 4.59. The summed E-state index contributed by atoms with van der Waals surface area (Å²) in [6.45, 7) is 7.72. The fourth-order valence-electron chi connectivity index (χ4n) is 2.74. The summed E-state index contributed by atoms with van der Waals surface area (Å²) in [4.78, 5) is 5.32. The molecule has 2 aliphatic rings. The van der Waals surface area contributed by atoms with Gasteiger partial charge in [0.25, 0.3) is 0 Å². The van der Waals surface area contributed by atoms with E-state index in [-0.39, 0.29) is 0 Å². The van der Waals surface area contributed by atoms with Gasteiger partial charge in [0.2, 0.25) is 0 Å². The lowest BCUT2D eigenvalue weighted by Gasteiger charge is -2.37. The third kappa shape index (κ3) is 2.47. The molecule has 0 aliphatic carbocycles. The normalized spacial score (nSPS) is 29.4. The highest BCUT2D eigenvalue weighted by Gasteiger charge is 2.29. The number of fused-ring (bicyclic) bond motifs is 1. The molecule has 0 bridgehead atoms. The first-order valence-electron chi connectivity index (χ1n) is 6.01. The van der Waals surface area contributed by atoms with E-state index in [0.29, 0.717) is 0 Å². The molecular formula is C11H23N3. The average Bonchev–Trinajstić information content (AvgIpc) is 2.65. The Kier molecular flexibility index (Phi) is 3.79. The molecule has 2 fully saturated rings. The molecule has 1 unspecified atom stereocenters. The summed E-state index contributed by atoms with van der Waals surface area (Å²) in [7, 11) is 2.04. The molecule has 3 nitrogen and oxygen atoms in total. The van der Waals surface area contributed by atoms with Crippen molar-refractivity contribution in [1.82, 2.24) is 15.1 Å². The van der Waals surface area contributed by atoms with Gasteiger partial charge in [-0.3, -0.25) is 4.90 Å². The average molecular weight is 197 g/mol. The van der Waals surface area contributed by atoms with E-state index in [9.17, 15) is 0 Å². The van der Waals surface area contributed by atoms with Crippen molar-refractivity contribution in [3.63, 3.8) is 0 Å². The lowest BCUT2D eigenvalue weighted by atomic mass is 10.1. The van der Waals surface area contributed by atoms with Gasteiger partial charge in [0, 0.05) is 25.7 Å². The highest BCUT2D eigenvalue weighted by Crippen LogP contribution is 2.21. The summed E-state index contributed by atoms with van der Waals surface area (Å²) in [6.07, 6.45) is 4.15. The summed E-state index contributed by atoms with van der Waals surface area (Å²) >= 11 is 0. The maximum Gasteiger partial charge on any atom is 0.0224 e. The van der Waals surface area contributed by atoms with Crippen LogP contribution in [0.3, 0.4) is 0 Å². The molecular weight excluding hydrogens is 174 g/mol. The summed E-state index contributed by atoms with van der Waals surface area (Å²) in [5.41, 5.74) is 0. The lowest BCUT2D eigenvalue weighted by molar-refractivity contribution is 0.104. The van der Waals surface area contributed by atoms with Gasteiger partial charge < -0.3 is 10.2 Å². The van der Waals surface area contributed by atoms with Gasteiger partial charge in [0.05, 0.1) is 0 Å². The summed E-state index contributed by atoms with van der Waals surface area (Å²) in [6, 6.07) is 0.887. The van der Waals surface area contributed by atoms with E-state index < -0.39 is 0 Å². The Bertz CT molecular complexity index is 172. The Morgan fingerprint density at radius 3 is 3.07 bits per heavy atom. The molecule has 1 atom stereocenters. The van der Waals surface area contributed by atoms with Crippen LogP contribution in [0.2, 0.25) is 0 Å². The topological polar surface area (TPSA) is 18.5 Å². The van der Waals surface area contributed by atoms with Crippen LogP contribution in [0.4, 0.5) is 0 Å². The van der Waals surface area contributed by atoms with E-state index in [1.165, 1.54) is 52.0 Å². The first-order valence-corrected chi connectivity index (χ1v) is 6.01. The van der Waals surface area contributed by atoms with Gasteiger partial charge >= 0.3 is 0 Å². The smallest absolute Gasteiger partial charge is 0.0224 e. The van der Waals surface area contributed by atoms with E-state index in [2.05, 4.69) is 15.1 Å². The van der Waals surface area contributed by atoms with E-state index >= 15 is 0 Å². The lowest BCUT2D eigenvalue weighted by Crippen LogP contribution is -2.50. The maximum atomic E-state index is 3.22. The van der Waals surface area contributed by atoms with E-state index in [0.717, 1.165) is 12.6 Å². The number of hydrogen-bond acceptors (Lipinski definition) is 3. The van der Waals surface area contributed by atoms with Crippen molar-refractivity contribution in [3.8, 4) is 0 Å². The molecule has 0 saturated carbocycles. The van der Waals surface area contributed by atoms with Gasteiger partial charge in [-0.15, -0.1) is 0 Å². The van der Waals surface area contributed by atoms with Crippen molar-refractivity contribution in [3.05, 3.63) is 0 Å². The van der Waals surface area contributed by atoms with Crippen LogP contribution in [-0.2, 0) is 0 Å². The summed E-state index contributed by atoms with van der Waals surface area (Å²) in [5, 5.41) is 3.22. The summed E-state index contributed by atoms with van der Waals surface area (Å²) < 4.78 is 0. The number of hydrogen-bond donors (Lipinski definition) is 1. The van der Waals surface area contributed by atoms with Crippen LogP contribution in [0.1, 0.15) is 19.3 Å². The molecule has 3 heteroatoms. The van der Waals surface area contributed by atoms with Crippen molar-refractivity contribution in [2.24, 2.45) is 0 Å². The second kappa shape index (κ2) is 5.10. The zero-order chi connectivity index (χ0) is 9.80. The van der Waals surface area contributed by atoms with Crippen LogP contribution in [0.5, 0.6) is 0 Å². The van der Waals surface area contributed by atoms with Crippen LogP contribution in [0.15, 0.2) is 0 Å². The van der Waals surface area contributed by atoms with Gasteiger partial charge in [-0.1, -0.05) is 0 Å². The second-order valence-corrected chi connectivity index (χ2v) is 4.59. The monoisotopic (exact) mass is 197 g/mol. The molecule has 0 aromatic rings. The zero-order valence-corrected chi connectivity index (χ0v) is 9.34. The predicted molar refractivity (Wildman–Crippen MR) is 59.6 cm³/mol. The van der Waals surface area contributed by atoms with Crippen LogP contribution in [0, 0.1) is 0 Å². The number of nitrogens with zero attached hydrogens (tertiary/aromatic N) is 2. The van der Waals surface area contributed by atoms with Gasteiger partial charge in [-0.05, 0) is 45.9 Å². The molecule has 2 heterocycles. The third-order valence-electron chi connectivity index (χ3n) is 3.57. The molecule has 0 aromatic carbocycles. The molecule has 0 radical (unpaired) electrons. The molecule has 0 aromatic heterocycles. The Morgan fingerprint density at radius 2 is 2.21 bits per heavy atom. The fourth-order valence-corrected chi connectivity index (χ4v) is 2.74. The number of rotatable bonds is 4. The van der Waals surface area contributed by atoms with E-state index in [1.54, 1.807) is 0 Å². The van der Waals surface area contributed by atoms with Crippen molar-refractivity contribution >= 4 is 0 Å². The van der Waals surface area contributed by atoms with Gasteiger partial charge in [-0.25, -0.2) is 0 Å². The van der Waals surface area contributed by atoms with Crippen molar-refractivity contribution in [2.75, 3.05) is 46.3 Å². The minimum Gasteiger partial charge on any atom is -0.320 e. The minimum absolute atomic E-state index is 0.887. The zero-order valence-electron chi connectivity index (χ0n) is 9.34. The van der Waals surface area contributed by atoms with E-state index in [1.807, 2.05) is 7.05 Å². The maximum absolute atomic E-state index is 3.22. The fraction of sp³-hybridized carbons (Fsp3) is 1.00. The minimum atomic E-state index is 0.887. The highest BCUT2D eigenvalue weighted by atomic mass is 15.3. The van der Waals surface area contributed by atoms with Crippen LogP contribution < -0.4 is 5.32 Å². The third-order valence-corrected chi connectivity index (χ3v) is 3.57. The molecule has 2 saturated heterocycles. The van der Waals surface area contributed by atoms with Gasteiger partial charge in [0.1, 0.15) is 0 Å². The Morgan fingerprint density at radius 1 is 1.29 bits per heavy atom. The molecule has 0 spiro atoms. The number of piperazine rings is 1. The first-order chi connectivity index (χ1) is 6.90. The first kappa shape index (κ1) is 10.4. The van der Waals surface area contributed by atoms with Gasteiger partial charge in [0.15, 0.2) is 0 Å². The van der Waals surface area contributed by atoms with Crippen molar-refractivity contribution in [1.29, 1.82) is 0 Å². The number of nitrogens with one attached hydrogen (secondary N) is 1. The predicted octanol–water partition coefficient (Wildman–Crippen LogP) is 0.376. The quantitative estimate of drug-likeness (QED) is 0.657. The van der Waals surface area contributed by atoms with Crippen LogP contribution in [0.25, 0.3) is 0 Å². The summed E-state index contributed by atoms with van der Waals surface area (Å²) in [5.74, 6) is 0. The van der Waals surface area contributed by atoms with Crippen molar-refractivity contribution < 1.29 is 0 Å².